The van der Waals surface area contributed by atoms with Gasteiger partial charge in [0.05, 0.1) is 17.7 Å². The third kappa shape index (κ3) is 7.50. The summed E-state index contributed by atoms with van der Waals surface area (Å²) >= 11 is 6.14. The molecule has 0 amide bonds. The number of ketones is 1. The Morgan fingerprint density at radius 1 is 1.18 bits per heavy atom. The maximum absolute atomic E-state index is 13.1. The van der Waals surface area contributed by atoms with E-state index in [0.29, 0.717) is 51.7 Å². The summed E-state index contributed by atoms with van der Waals surface area (Å²) in [4.78, 5) is 29.2. The normalized spacial score (nSPS) is 13.4. The molecule has 0 saturated carbocycles. The van der Waals surface area contributed by atoms with Crippen molar-refractivity contribution in [1.82, 2.24) is 4.98 Å². The van der Waals surface area contributed by atoms with Crippen LogP contribution in [0.15, 0.2) is 71.3 Å². The van der Waals surface area contributed by atoms with Crippen molar-refractivity contribution in [2.24, 2.45) is 0 Å². The van der Waals surface area contributed by atoms with Gasteiger partial charge in [-0.1, -0.05) is 43.2 Å². The lowest BCUT2D eigenvalue weighted by Gasteiger charge is -2.12. The standard InChI is InChI=1S/C24H23ClN2O4S.C2H6/c1-16-20(7-4-14-26-16)24(29)21-15-18(25)10-12-22(21)27-32(30)19-6-3-5-17(8-11-19)9-13-23(28)31-2;1-2/h3-4,6-8,10-12,14-15,27H,5,9,13H2,1-2H3;1-2H3. The highest BCUT2D eigenvalue weighted by atomic mass is 35.5. The summed E-state index contributed by atoms with van der Waals surface area (Å²) in [5.74, 6) is -0.523. The van der Waals surface area contributed by atoms with E-state index in [-0.39, 0.29) is 11.8 Å². The number of allylic oxidation sites excluding steroid dienone is 5. The smallest absolute Gasteiger partial charge is 0.305 e. The lowest BCUT2D eigenvalue weighted by Crippen LogP contribution is -2.12. The van der Waals surface area contributed by atoms with Crippen molar-refractivity contribution in [2.45, 2.75) is 40.0 Å². The van der Waals surface area contributed by atoms with Gasteiger partial charge in [0.1, 0.15) is 11.0 Å². The molecule has 8 heteroatoms. The van der Waals surface area contributed by atoms with Crippen LogP contribution >= 0.6 is 11.6 Å². The number of halogens is 1. The van der Waals surface area contributed by atoms with E-state index in [1.807, 2.05) is 26.0 Å². The molecule has 1 aromatic carbocycles. The number of rotatable bonds is 8. The Hall–Kier alpha value is -3.03. The molecule has 0 saturated heterocycles. The number of hydrogen-bond donors (Lipinski definition) is 1. The number of aryl methyl sites for hydroxylation is 1. The second-order valence-electron chi connectivity index (χ2n) is 7.10. The molecule has 1 aliphatic carbocycles. The van der Waals surface area contributed by atoms with Crippen molar-refractivity contribution in [3.63, 3.8) is 0 Å². The number of hydrogen-bond acceptors (Lipinski definition) is 5. The number of esters is 1. The largest absolute Gasteiger partial charge is 0.469 e. The summed E-state index contributed by atoms with van der Waals surface area (Å²) in [5.41, 5.74) is 2.82. The molecule has 6 nitrogen and oxygen atoms in total. The molecule has 1 heterocycles. The lowest BCUT2D eigenvalue weighted by atomic mass is 10.0. The Morgan fingerprint density at radius 3 is 2.65 bits per heavy atom. The van der Waals surface area contributed by atoms with E-state index in [9.17, 15) is 13.8 Å². The molecule has 1 N–H and O–H groups in total. The summed E-state index contributed by atoms with van der Waals surface area (Å²) in [5, 5.41) is 0.401. The van der Waals surface area contributed by atoms with Crippen LogP contribution in [0.1, 0.15) is 54.7 Å². The Bertz CT molecular complexity index is 1160. The molecule has 0 radical (unpaired) electrons. The van der Waals surface area contributed by atoms with Crippen LogP contribution in [0.5, 0.6) is 0 Å². The van der Waals surface area contributed by atoms with Crippen molar-refractivity contribution >= 4 is 40.0 Å². The van der Waals surface area contributed by atoms with Gasteiger partial charge < -0.3 is 9.46 Å². The van der Waals surface area contributed by atoms with Crippen LogP contribution in [0.25, 0.3) is 0 Å². The van der Waals surface area contributed by atoms with Gasteiger partial charge in [0.15, 0.2) is 5.78 Å². The predicted octanol–water partition coefficient (Wildman–Crippen LogP) is 6.10. The average Bonchev–Trinajstić information content (AvgIpc) is 3.10. The maximum atomic E-state index is 13.1. The molecule has 1 aliphatic rings. The van der Waals surface area contributed by atoms with E-state index in [4.69, 9.17) is 11.6 Å². The summed E-state index contributed by atoms with van der Waals surface area (Å²) < 4.78 is 20.6. The molecule has 34 heavy (non-hydrogen) atoms. The third-order valence-electron chi connectivity index (χ3n) is 4.92. The molecule has 0 bridgehead atoms. The van der Waals surface area contributed by atoms with Gasteiger partial charge in [0.25, 0.3) is 0 Å². The minimum absolute atomic E-state index is 0.256. The zero-order valence-corrected chi connectivity index (χ0v) is 21.3. The molecule has 0 fully saturated rings. The first kappa shape index (κ1) is 27.2. The predicted molar refractivity (Wildman–Crippen MR) is 138 cm³/mol. The summed E-state index contributed by atoms with van der Waals surface area (Å²) in [6, 6.07) is 8.22. The quantitative estimate of drug-likeness (QED) is 0.349. The van der Waals surface area contributed by atoms with Gasteiger partial charge in [0.2, 0.25) is 0 Å². The number of benzene rings is 1. The van der Waals surface area contributed by atoms with Gasteiger partial charge in [0, 0.05) is 34.5 Å². The van der Waals surface area contributed by atoms with Gasteiger partial charge in [-0.05, 0) is 62.2 Å². The molecule has 0 spiro atoms. The van der Waals surface area contributed by atoms with Gasteiger partial charge in [-0.3, -0.25) is 14.6 Å². The van der Waals surface area contributed by atoms with Crippen LogP contribution in [-0.4, -0.2) is 28.1 Å². The van der Waals surface area contributed by atoms with E-state index in [2.05, 4.69) is 14.4 Å². The second-order valence-corrected chi connectivity index (χ2v) is 8.75. The number of nitrogens with one attached hydrogen (secondary N) is 1. The highest BCUT2D eigenvalue weighted by molar-refractivity contribution is 7.90. The Kier molecular flexibility index (Phi) is 10.9. The Morgan fingerprint density at radius 2 is 1.94 bits per heavy atom. The van der Waals surface area contributed by atoms with Crippen molar-refractivity contribution < 1.29 is 18.5 Å². The van der Waals surface area contributed by atoms with Crippen LogP contribution in [0.4, 0.5) is 5.69 Å². The minimum Gasteiger partial charge on any atom is -0.469 e. The molecule has 180 valence electrons. The number of methoxy groups -OCH3 is 1. The molecular weight excluding hydrogens is 472 g/mol. The zero-order chi connectivity index (χ0) is 25.1. The van der Waals surface area contributed by atoms with Crippen LogP contribution in [0.2, 0.25) is 5.02 Å². The number of aromatic nitrogens is 1. The van der Waals surface area contributed by atoms with E-state index in [1.165, 1.54) is 7.11 Å². The van der Waals surface area contributed by atoms with Crippen LogP contribution < -0.4 is 4.72 Å². The fourth-order valence-corrected chi connectivity index (χ4v) is 4.22. The molecule has 0 aliphatic heterocycles. The molecule has 3 rings (SSSR count). The SMILES string of the molecule is CC.COC(=O)CCC1=CC=C(S(=O)Nc2ccc(Cl)cc2C(=O)c2cccnc2C)C=CC1. The van der Waals surface area contributed by atoms with Crippen molar-refractivity contribution in [3.8, 4) is 0 Å². The molecule has 1 atom stereocenters. The van der Waals surface area contributed by atoms with E-state index in [0.717, 1.165) is 5.57 Å². The van der Waals surface area contributed by atoms with Gasteiger partial charge in [-0.15, -0.1) is 0 Å². The second kappa shape index (κ2) is 13.6. The highest BCUT2D eigenvalue weighted by Gasteiger charge is 2.18. The first-order valence-corrected chi connectivity index (χ1v) is 12.5. The maximum Gasteiger partial charge on any atom is 0.305 e. The van der Waals surface area contributed by atoms with Crippen molar-refractivity contribution in [3.05, 3.63) is 93.2 Å². The fourth-order valence-electron chi connectivity index (χ4n) is 3.15. The first-order chi connectivity index (χ1) is 16.4. The molecule has 1 unspecified atom stereocenters. The summed E-state index contributed by atoms with van der Waals surface area (Å²) in [7, 11) is -0.253. The number of ether oxygens (including phenoxy) is 1. The van der Waals surface area contributed by atoms with Gasteiger partial charge in [-0.2, -0.15) is 0 Å². The topological polar surface area (TPSA) is 85.4 Å². The van der Waals surface area contributed by atoms with Crippen LogP contribution in [0, 0.1) is 6.92 Å². The molecule has 2 aromatic rings. The first-order valence-electron chi connectivity index (χ1n) is 11.0. The van der Waals surface area contributed by atoms with E-state index < -0.39 is 11.0 Å². The number of carbonyl (C=O) groups is 2. The van der Waals surface area contributed by atoms with Gasteiger partial charge >= 0.3 is 5.97 Å². The number of carbonyl (C=O) groups excluding carboxylic acids is 2. The Labute approximate surface area is 208 Å². The number of anilines is 1. The lowest BCUT2D eigenvalue weighted by molar-refractivity contribution is -0.140. The van der Waals surface area contributed by atoms with Crippen LogP contribution in [-0.2, 0) is 20.5 Å². The minimum atomic E-state index is -1.62. The molecular formula is C26H29ClN2O4S. The zero-order valence-electron chi connectivity index (χ0n) is 19.8. The monoisotopic (exact) mass is 500 g/mol. The average molecular weight is 501 g/mol. The number of nitrogens with zero attached hydrogens (tertiary/aromatic N) is 1. The van der Waals surface area contributed by atoms with Crippen molar-refractivity contribution in [1.29, 1.82) is 0 Å². The fraction of sp³-hybridized carbons (Fsp3) is 0.269. The summed E-state index contributed by atoms with van der Waals surface area (Å²) in [6.07, 6.45) is 10.4. The highest BCUT2D eigenvalue weighted by Crippen LogP contribution is 2.26. The molecule has 1 aromatic heterocycles. The summed E-state index contributed by atoms with van der Waals surface area (Å²) in [6.45, 7) is 5.76. The van der Waals surface area contributed by atoms with Gasteiger partial charge in [-0.25, -0.2) is 4.21 Å². The number of pyridine rings is 1. The third-order valence-corrected chi connectivity index (χ3v) is 6.26. The Balaban J connectivity index is 0.00000199. The van der Waals surface area contributed by atoms with E-state index >= 15 is 0 Å². The van der Waals surface area contributed by atoms with Crippen molar-refractivity contribution in [2.75, 3.05) is 11.8 Å². The van der Waals surface area contributed by atoms with Crippen LogP contribution in [0.3, 0.4) is 0 Å². The van der Waals surface area contributed by atoms with E-state index in [1.54, 1.807) is 55.6 Å².